The Balaban J connectivity index is 1.92. The van der Waals surface area contributed by atoms with Gasteiger partial charge in [0.25, 0.3) is 0 Å². The molecule has 0 fully saturated rings. The summed E-state index contributed by atoms with van der Waals surface area (Å²) in [6.07, 6.45) is 0.911. The Morgan fingerprint density at radius 3 is 2.55 bits per heavy atom. The lowest BCUT2D eigenvalue weighted by atomic mass is 10.0. The summed E-state index contributed by atoms with van der Waals surface area (Å²) in [4.78, 5) is 4.68. The van der Waals surface area contributed by atoms with E-state index in [4.69, 9.17) is 4.74 Å². The maximum atomic E-state index is 5.99. The minimum atomic E-state index is 0.247. The van der Waals surface area contributed by atoms with E-state index in [9.17, 15) is 0 Å². The van der Waals surface area contributed by atoms with E-state index in [2.05, 4.69) is 74.4 Å². The van der Waals surface area contributed by atoms with Crippen LogP contribution >= 0.6 is 0 Å². The smallest absolute Gasteiger partial charge is 0.191 e. The third-order valence-electron chi connectivity index (χ3n) is 5.06. The molecule has 0 bridgehead atoms. The summed E-state index contributed by atoms with van der Waals surface area (Å²) in [5.74, 6) is 2.21. The largest absolute Gasteiger partial charge is 0.491 e. The van der Waals surface area contributed by atoms with Gasteiger partial charge in [0.15, 0.2) is 5.96 Å². The molecule has 2 N–H and O–H groups in total. The molecule has 6 heteroatoms. The molecule has 2 rings (SSSR count). The number of para-hydroxylation sites is 1. The SMILES string of the molecule is CCNC(=NCCOc1ccccc1C(C)C)NC(C)Cc1c(C)nn(C)c1C. The van der Waals surface area contributed by atoms with Crippen LogP contribution in [0, 0.1) is 13.8 Å². The number of hydrogen-bond acceptors (Lipinski definition) is 3. The van der Waals surface area contributed by atoms with Crippen LogP contribution in [0.15, 0.2) is 29.3 Å². The molecule has 0 saturated heterocycles. The first kappa shape index (κ1) is 22.8. The van der Waals surface area contributed by atoms with Crippen molar-refractivity contribution in [3.8, 4) is 5.75 Å². The zero-order valence-corrected chi connectivity index (χ0v) is 19.0. The molecule has 0 aliphatic carbocycles. The first-order valence-electron chi connectivity index (χ1n) is 10.6. The molecule has 0 aliphatic heterocycles. The summed E-state index contributed by atoms with van der Waals surface area (Å²) in [5, 5.41) is 11.3. The summed E-state index contributed by atoms with van der Waals surface area (Å²) in [7, 11) is 1.99. The molecule has 0 saturated carbocycles. The molecule has 0 spiro atoms. The third-order valence-corrected chi connectivity index (χ3v) is 5.06. The van der Waals surface area contributed by atoms with Crippen molar-refractivity contribution in [1.82, 2.24) is 20.4 Å². The van der Waals surface area contributed by atoms with E-state index < -0.39 is 0 Å². The molecule has 160 valence electrons. The van der Waals surface area contributed by atoms with E-state index in [1.54, 1.807) is 0 Å². The average molecular weight is 400 g/mol. The molecular weight excluding hydrogens is 362 g/mol. The lowest BCUT2D eigenvalue weighted by Crippen LogP contribution is -2.43. The monoisotopic (exact) mass is 399 g/mol. The predicted octanol–water partition coefficient (Wildman–Crippen LogP) is 3.73. The Labute approximate surface area is 175 Å². The van der Waals surface area contributed by atoms with Crippen LogP contribution in [0.5, 0.6) is 5.75 Å². The summed E-state index contributed by atoms with van der Waals surface area (Å²) in [5.41, 5.74) is 4.85. The number of rotatable bonds is 9. The lowest BCUT2D eigenvalue weighted by molar-refractivity contribution is 0.323. The van der Waals surface area contributed by atoms with Gasteiger partial charge in [0.1, 0.15) is 12.4 Å². The van der Waals surface area contributed by atoms with Gasteiger partial charge in [0.2, 0.25) is 0 Å². The molecule has 1 aromatic heterocycles. The number of ether oxygens (including phenoxy) is 1. The zero-order valence-electron chi connectivity index (χ0n) is 19.0. The summed E-state index contributed by atoms with van der Waals surface area (Å²) in [6, 6.07) is 8.47. The highest BCUT2D eigenvalue weighted by molar-refractivity contribution is 5.80. The Kier molecular flexibility index (Phi) is 8.55. The van der Waals surface area contributed by atoms with Crippen molar-refractivity contribution in [3.05, 3.63) is 46.8 Å². The molecule has 1 heterocycles. The van der Waals surface area contributed by atoms with Crippen LogP contribution in [0.3, 0.4) is 0 Å². The minimum absolute atomic E-state index is 0.247. The van der Waals surface area contributed by atoms with Crippen molar-refractivity contribution in [3.63, 3.8) is 0 Å². The number of aryl methyl sites for hydroxylation is 2. The first-order valence-corrected chi connectivity index (χ1v) is 10.6. The molecule has 1 aromatic carbocycles. The third kappa shape index (κ3) is 6.51. The van der Waals surface area contributed by atoms with Gasteiger partial charge in [0.05, 0.1) is 12.2 Å². The van der Waals surface area contributed by atoms with Crippen LogP contribution < -0.4 is 15.4 Å². The highest BCUT2D eigenvalue weighted by atomic mass is 16.5. The van der Waals surface area contributed by atoms with Crippen LogP contribution in [0.2, 0.25) is 0 Å². The van der Waals surface area contributed by atoms with Crippen molar-refractivity contribution in [1.29, 1.82) is 0 Å². The first-order chi connectivity index (χ1) is 13.8. The van der Waals surface area contributed by atoms with Crippen LogP contribution in [0.1, 0.15) is 56.1 Å². The second kappa shape index (κ2) is 10.9. The second-order valence-corrected chi connectivity index (χ2v) is 7.82. The van der Waals surface area contributed by atoms with Crippen LogP contribution in [-0.2, 0) is 13.5 Å². The molecule has 1 atom stereocenters. The van der Waals surface area contributed by atoms with Crippen molar-refractivity contribution < 1.29 is 4.74 Å². The average Bonchev–Trinajstić information content (AvgIpc) is 2.91. The van der Waals surface area contributed by atoms with E-state index in [1.165, 1.54) is 16.8 Å². The summed E-state index contributed by atoms with van der Waals surface area (Å²) < 4.78 is 7.94. The molecule has 0 radical (unpaired) electrons. The molecule has 0 amide bonds. The zero-order chi connectivity index (χ0) is 21.4. The standard InChI is InChI=1S/C23H37N5O/c1-8-24-23(26-17(4)15-21-18(5)27-28(7)19(21)6)25-13-14-29-22-12-10-9-11-20(22)16(2)3/h9-12,16-17H,8,13-15H2,1-7H3,(H2,24,25,26). The van der Waals surface area contributed by atoms with Crippen molar-refractivity contribution in [2.75, 3.05) is 19.7 Å². The molecule has 2 aromatic rings. The fourth-order valence-corrected chi connectivity index (χ4v) is 3.43. The van der Waals surface area contributed by atoms with Gasteiger partial charge in [-0.25, -0.2) is 4.99 Å². The predicted molar refractivity (Wildman–Crippen MR) is 121 cm³/mol. The maximum absolute atomic E-state index is 5.99. The summed E-state index contributed by atoms with van der Waals surface area (Å²) >= 11 is 0. The quantitative estimate of drug-likeness (QED) is 0.383. The van der Waals surface area contributed by atoms with Gasteiger partial charge in [-0.1, -0.05) is 32.0 Å². The fraction of sp³-hybridized carbons (Fsp3) is 0.565. The Morgan fingerprint density at radius 1 is 1.21 bits per heavy atom. The number of nitrogens with zero attached hydrogens (tertiary/aromatic N) is 3. The summed E-state index contributed by atoms with van der Waals surface area (Å²) in [6.45, 7) is 14.8. The fourth-order valence-electron chi connectivity index (χ4n) is 3.43. The molecular formula is C23H37N5O. The van der Waals surface area contributed by atoms with Crippen LogP contribution in [0.4, 0.5) is 0 Å². The lowest BCUT2D eigenvalue weighted by Gasteiger charge is -2.18. The molecule has 29 heavy (non-hydrogen) atoms. The van der Waals surface area contributed by atoms with Crippen molar-refractivity contribution >= 4 is 5.96 Å². The van der Waals surface area contributed by atoms with Gasteiger partial charge in [-0.05, 0) is 57.2 Å². The van der Waals surface area contributed by atoms with Gasteiger partial charge in [-0.2, -0.15) is 5.10 Å². The van der Waals surface area contributed by atoms with E-state index >= 15 is 0 Å². The minimum Gasteiger partial charge on any atom is -0.491 e. The van der Waals surface area contributed by atoms with Gasteiger partial charge in [0, 0.05) is 25.3 Å². The number of aliphatic imine (C=N–C) groups is 1. The highest BCUT2D eigenvalue weighted by Crippen LogP contribution is 2.25. The van der Waals surface area contributed by atoms with E-state index in [-0.39, 0.29) is 6.04 Å². The normalized spacial score (nSPS) is 12.9. The van der Waals surface area contributed by atoms with Crippen molar-refractivity contribution in [2.45, 2.75) is 59.9 Å². The highest BCUT2D eigenvalue weighted by Gasteiger charge is 2.14. The van der Waals surface area contributed by atoms with E-state index in [1.807, 2.05) is 23.9 Å². The van der Waals surface area contributed by atoms with Gasteiger partial charge in [-0.3, -0.25) is 4.68 Å². The number of benzene rings is 1. The number of hydrogen-bond donors (Lipinski definition) is 2. The van der Waals surface area contributed by atoms with Gasteiger partial charge < -0.3 is 15.4 Å². The van der Waals surface area contributed by atoms with Gasteiger partial charge >= 0.3 is 0 Å². The van der Waals surface area contributed by atoms with Gasteiger partial charge in [-0.15, -0.1) is 0 Å². The van der Waals surface area contributed by atoms with Crippen LogP contribution in [-0.4, -0.2) is 41.5 Å². The molecule has 0 aliphatic rings. The van der Waals surface area contributed by atoms with E-state index in [0.29, 0.717) is 19.1 Å². The maximum Gasteiger partial charge on any atom is 0.191 e. The van der Waals surface area contributed by atoms with E-state index in [0.717, 1.165) is 30.4 Å². The van der Waals surface area contributed by atoms with Crippen molar-refractivity contribution in [2.24, 2.45) is 12.0 Å². The number of guanidine groups is 1. The number of nitrogens with one attached hydrogen (secondary N) is 2. The van der Waals surface area contributed by atoms with Crippen LogP contribution in [0.25, 0.3) is 0 Å². The number of aromatic nitrogens is 2. The molecule has 1 unspecified atom stereocenters. The molecule has 6 nitrogen and oxygen atoms in total. The topological polar surface area (TPSA) is 63.5 Å². The Morgan fingerprint density at radius 2 is 1.93 bits per heavy atom. The Bertz CT molecular complexity index is 810. The Hall–Kier alpha value is -2.50. The second-order valence-electron chi connectivity index (χ2n) is 7.82.